The average molecular weight is 271 g/mol. The van der Waals surface area contributed by atoms with Gasteiger partial charge in [0.25, 0.3) is 0 Å². The van der Waals surface area contributed by atoms with E-state index in [4.69, 9.17) is 16.3 Å². The van der Waals surface area contributed by atoms with E-state index >= 15 is 0 Å². The van der Waals surface area contributed by atoms with Gasteiger partial charge in [-0.15, -0.1) is 0 Å². The van der Waals surface area contributed by atoms with Crippen LogP contribution >= 0.6 is 11.6 Å². The lowest BCUT2D eigenvalue weighted by atomic mass is 10.1. The molecule has 0 radical (unpaired) electrons. The Morgan fingerprint density at radius 1 is 1.22 bits per heavy atom. The molecule has 0 saturated heterocycles. The van der Waals surface area contributed by atoms with E-state index in [0.29, 0.717) is 5.02 Å². The van der Waals surface area contributed by atoms with Crippen LogP contribution in [-0.4, -0.2) is 25.7 Å². The van der Waals surface area contributed by atoms with Gasteiger partial charge in [0.15, 0.2) is 0 Å². The summed E-state index contributed by atoms with van der Waals surface area (Å²) in [5.41, 5.74) is 1.29. The molecule has 1 rings (SSSR count). The zero-order chi connectivity index (χ0) is 13.6. The maximum Gasteiger partial charge on any atom is 0.124 e. The molecule has 18 heavy (non-hydrogen) atoms. The van der Waals surface area contributed by atoms with Crippen molar-refractivity contribution in [1.29, 1.82) is 0 Å². The van der Waals surface area contributed by atoms with Crippen LogP contribution in [0.15, 0.2) is 18.2 Å². The van der Waals surface area contributed by atoms with Crippen molar-refractivity contribution in [3.63, 3.8) is 0 Å². The van der Waals surface area contributed by atoms with Crippen molar-refractivity contribution >= 4 is 11.6 Å². The van der Waals surface area contributed by atoms with Gasteiger partial charge < -0.3 is 15.4 Å². The standard InChI is InChI=1S/C14H23ClN2O/c1-14(2,3)17-8-7-16-10-11-5-6-12(15)9-13(11)18-4/h5-6,9,16-17H,7-8,10H2,1-4H3. The summed E-state index contributed by atoms with van der Waals surface area (Å²) in [5, 5.41) is 7.51. The smallest absolute Gasteiger partial charge is 0.124 e. The summed E-state index contributed by atoms with van der Waals surface area (Å²) >= 11 is 5.92. The van der Waals surface area contributed by atoms with Gasteiger partial charge in [0.2, 0.25) is 0 Å². The molecule has 0 aliphatic heterocycles. The highest BCUT2D eigenvalue weighted by Crippen LogP contribution is 2.22. The molecular formula is C14H23ClN2O. The van der Waals surface area contributed by atoms with E-state index in [-0.39, 0.29) is 5.54 Å². The Morgan fingerprint density at radius 2 is 1.94 bits per heavy atom. The van der Waals surface area contributed by atoms with Crippen LogP contribution in [0, 0.1) is 0 Å². The van der Waals surface area contributed by atoms with Crippen molar-refractivity contribution in [2.75, 3.05) is 20.2 Å². The van der Waals surface area contributed by atoms with Crippen molar-refractivity contribution < 1.29 is 4.74 Å². The minimum atomic E-state index is 0.166. The number of rotatable bonds is 6. The fourth-order valence-electron chi connectivity index (χ4n) is 1.61. The van der Waals surface area contributed by atoms with E-state index < -0.39 is 0 Å². The van der Waals surface area contributed by atoms with Crippen molar-refractivity contribution in [1.82, 2.24) is 10.6 Å². The molecule has 0 unspecified atom stereocenters. The summed E-state index contributed by atoms with van der Waals surface area (Å²) in [5.74, 6) is 0.832. The van der Waals surface area contributed by atoms with Gasteiger partial charge in [-0.25, -0.2) is 0 Å². The molecule has 1 aromatic carbocycles. The molecule has 0 spiro atoms. The largest absolute Gasteiger partial charge is 0.496 e. The summed E-state index contributed by atoms with van der Waals surface area (Å²) < 4.78 is 5.30. The van der Waals surface area contributed by atoms with Crippen LogP contribution in [0.1, 0.15) is 26.3 Å². The van der Waals surface area contributed by atoms with Crippen LogP contribution in [0.25, 0.3) is 0 Å². The molecule has 4 heteroatoms. The number of hydrogen-bond donors (Lipinski definition) is 2. The zero-order valence-corrected chi connectivity index (χ0v) is 12.4. The lowest BCUT2D eigenvalue weighted by Gasteiger charge is -2.20. The summed E-state index contributed by atoms with van der Waals surface area (Å²) in [7, 11) is 1.66. The molecule has 0 saturated carbocycles. The van der Waals surface area contributed by atoms with Crippen LogP contribution in [0.4, 0.5) is 0 Å². The molecule has 0 atom stereocenters. The third kappa shape index (κ3) is 5.71. The van der Waals surface area contributed by atoms with Gasteiger partial charge in [-0.05, 0) is 32.9 Å². The molecule has 0 aliphatic carbocycles. The molecule has 102 valence electrons. The maximum absolute atomic E-state index is 5.92. The van der Waals surface area contributed by atoms with Crippen LogP contribution < -0.4 is 15.4 Å². The molecule has 1 aromatic rings. The number of benzene rings is 1. The second kappa shape index (κ2) is 6.98. The third-order valence-corrected chi connectivity index (χ3v) is 2.76. The SMILES string of the molecule is COc1cc(Cl)ccc1CNCCNC(C)(C)C. The minimum absolute atomic E-state index is 0.166. The van der Waals surface area contributed by atoms with E-state index in [1.807, 2.05) is 18.2 Å². The molecule has 0 aliphatic rings. The molecule has 0 fully saturated rings. The van der Waals surface area contributed by atoms with Crippen LogP contribution in [-0.2, 0) is 6.54 Å². The fraction of sp³-hybridized carbons (Fsp3) is 0.571. The second-order valence-electron chi connectivity index (χ2n) is 5.31. The van der Waals surface area contributed by atoms with Gasteiger partial charge in [0.05, 0.1) is 7.11 Å². The Hall–Kier alpha value is -0.770. The van der Waals surface area contributed by atoms with Gasteiger partial charge in [-0.2, -0.15) is 0 Å². The Balaban J connectivity index is 2.35. The Labute approximate surface area is 115 Å². The molecule has 0 heterocycles. The number of nitrogens with one attached hydrogen (secondary N) is 2. The third-order valence-electron chi connectivity index (χ3n) is 2.52. The molecular weight excluding hydrogens is 248 g/mol. The lowest BCUT2D eigenvalue weighted by molar-refractivity contribution is 0.404. The highest BCUT2D eigenvalue weighted by atomic mass is 35.5. The lowest BCUT2D eigenvalue weighted by Crippen LogP contribution is -2.40. The maximum atomic E-state index is 5.92. The predicted octanol–water partition coefficient (Wildman–Crippen LogP) is 2.83. The molecule has 0 amide bonds. The van der Waals surface area contributed by atoms with E-state index in [1.165, 1.54) is 0 Å². The first-order valence-corrected chi connectivity index (χ1v) is 6.58. The summed E-state index contributed by atoms with van der Waals surface area (Å²) in [6.45, 7) is 9.13. The minimum Gasteiger partial charge on any atom is -0.496 e. The number of hydrogen-bond acceptors (Lipinski definition) is 3. The van der Waals surface area contributed by atoms with Crippen LogP contribution in [0.2, 0.25) is 5.02 Å². The van der Waals surface area contributed by atoms with Gasteiger partial charge in [0, 0.05) is 35.8 Å². The second-order valence-corrected chi connectivity index (χ2v) is 5.75. The van der Waals surface area contributed by atoms with Gasteiger partial charge >= 0.3 is 0 Å². The number of methoxy groups -OCH3 is 1. The van der Waals surface area contributed by atoms with E-state index in [1.54, 1.807) is 7.11 Å². The van der Waals surface area contributed by atoms with Crippen molar-refractivity contribution in [3.8, 4) is 5.75 Å². The van der Waals surface area contributed by atoms with Crippen molar-refractivity contribution in [2.45, 2.75) is 32.9 Å². The normalized spacial score (nSPS) is 11.6. The summed E-state index contributed by atoms with van der Waals surface area (Å²) in [6.07, 6.45) is 0. The van der Waals surface area contributed by atoms with E-state index in [0.717, 1.165) is 30.9 Å². The van der Waals surface area contributed by atoms with Gasteiger partial charge in [-0.1, -0.05) is 17.7 Å². The van der Waals surface area contributed by atoms with Crippen LogP contribution in [0.3, 0.4) is 0 Å². The number of ether oxygens (including phenoxy) is 1. The highest BCUT2D eigenvalue weighted by molar-refractivity contribution is 6.30. The van der Waals surface area contributed by atoms with Crippen molar-refractivity contribution in [3.05, 3.63) is 28.8 Å². The van der Waals surface area contributed by atoms with Crippen LogP contribution in [0.5, 0.6) is 5.75 Å². The first kappa shape index (κ1) is 15.3. The Bertz CT molecular complexity index is 375. The first-order valence-electron chi connectivity index (χ1n) is 6.20. The van der Waals surface area contributed by atoms with Gasteiger partial charge in [-0.3, -0.25) is 0 Å². The highest BCUT2D eigenvalue weighted by Gasteiger charge is 2.07. The number of halogens is 1. The molecule has 0 bridgehead atoms. The van der Waals surface area contributed by atoms with E-state index in [9.17, 15) is 0 Å². The summed E-state index contributed by atoms with van der Waals surface area (Å²) in [6, 6.07) is 5.71. The quantitative estimate of drug-likeness (QED) is 0.780. The van der Waals surface area contributed by atoms with Gasteiger partial charge in [0.1, 0.15) is 5.75 Å². The summed E-state index contributed by atoms with van der Waals surface area (Å²) in [4.78, 5) is 0. The van der Waals surface area contributed by atoms with Crippen molar-refractivity contribution in [2.24, 2.45) is 0 Å². The first-order chi connectivity index (χ1) is 8.42. The molecule has 3 nitrogen and oxygen atoms in total. The Morgan fingerprint density at radius 3 is 2.56 bits per heavy atom. The molecule has 2 N–H and O–H groups in total. The fourth-order valence-corrected chi connectivity index (χ4v) is 1.78. The van der Waals surface area contributed by atoms with E-state index in [2.05, 4.69) is 31.4 Å². The Kier molecular flexibility index (Phi) is 5.93. The molecule has 0 aromatic heterocycles. The zero-order valence-electron chi connectivity index (χ0n) is 11.6. The predicted molar refractivity (Wildman–Crippen MR) is 77.5 cm³/mol. The topological polar surface area (TPSA) is 33.3 Å². The average Bonchev–Trinajstić information content (AvgIpc) is 2.28. The monoisotopic (exact) mass is 270 g/mol.